The Hall–Kier alpha value is -3.00. The number of rotatable bonds is 5. The van der Waals surface area contributed by atoms with Crippen molar-refractivity contribution in [2.24, 2.45) is 0 Å². The second-order valence-corrected chi connectivity index (χ2v) is 7.02. The first kappa shape index (κ1) is 17.4. The van der Waals surface area contributed by atoms with Gasteiger partial charge in [0.2, 0.25) is 11.0 Å². The quantitative estimate of drug-likeness (QED) is 0.478. The average molecular weight is 381 g/mol. The number of hydrogen-bond donors (Lipinski definition) is 0. The molecule has 0 saturated heterocycles. The van der Waals surface area contributed by atoms with Crippen LogP contribution in [0.5, 0.6) is 0 Å². The average Bonchev–Trinajstić information content (AvgIpc) is 3.30. The van der Waals surface area contributed by atoms with Crippen LogP contribution in [0.3, 0.4) is 0 Å². The zero-order chi connectivity index (χ0) is 18.8. The summed E-state index contributed by atoms with van der Waals surface area (Å²) in [7, 11) is 0. The van der Waals surface area contributed by atoms with Gasteiger partial charge in [-0.1, -0.05) is 29.5 Å². The van der Waals surface area contributed by atoms with Gasteiger partial charge in [0.25, 0.3) is 0 Å². The lowest BCUT2D eigenvalue weighted by atomic mass is 10.1. The Morgan fingerprint density at radius 2 is 1.93 bits per heavy atom. The van der Waals surface area contributed by atoms with E-state index in [0.29, 0.717) is 22.6 Å². The summed E-state index contributed by atoms with van der Waals surface area (Å²) in [5.74, 6) is 1.34. The van der Waals surface area contributed by atoms with Crippen LogP contribution in [-0.4, -0.2) is 25.2 Å². The van der Waals surface area contributed by atoms with Crippen LogP contribution in [-0.2, 0) is 5.75 Å². The van der Waals surface area contributed by atoms with Gasteiger partial charge in [0.05, 0.1) is 17.6 Å². The Labute approximate surface area is 159 Å². The van der Waals surface area contributed by atoms with Crippen molar-refractivity contribution >= 4 is 11.8 Å². The van der Waals surface area contributed by atoms with Crippen molar-refractivity contribution in [2.75, 3.05) is 0 Å². The van der Waals surface area contributed by atoms with Crippen molar-refractivity contribution in [3.8, 4) is 17.0 Å². The maximum atomic E-state index is 13.0. The molecule has 0 atom stereocenters. The van der Waals surface area contributed by atoms with Crippen molar-refractivity contribution < 1.29 is 8.81 Å². The molecule has 136 valence electrons. The van der Waals surface area contributed by atoms with Gasteiger partial charge in [0.1, 0.15) is 5.82 Å². The molecule has 4 aromatic rings. The van der Waals surface area contributed by atoms with Crippen LogP contribution < -0.4 is 0 Å². The number of tetrazole rings is 1. The summed E-state index contributed by atoms with van der Waals surface area (Å²) in [6, 6.07) is 12.2. The number of halogens is 1. The van der Waals surface area contributed by atoms with E-state index in [2.05, 4.69) is 26.6 Å². The molecule has 2 aromatic heterocycles. The van der Waals surface area contributed by atoms with Crippen molar-refractivity contribution in [1.82, 2.24) is 25.2 Å². The highest BCUT2D eigenvalue weighted by molar-refractivity contribution is 7.98. The highest BCUT2D eigenvalue weighted by Gasteiger charge is 2.13. The maximum absolute atomic E-state index is 13.0. The van der Waals surface area contributed by atoms with Gasteiger partial charge >= 0.3 is 0 Å². The van der Waals surface area contributed by atoms with Gasteiger partial charge in [0.15, 0.2) is 5.76 Å². The van der Waals surface area contributed by atoms with Crippen LogP contribution in [0.15, 0.2) is 58.2 Å². The molecule has 0 saturated carbocycles. The van der Waals surface area contributed by atoms with E-state index in [9.17, 15) is 4.39 Å². The second-order valence-electron chi connectivity index (χ2n) is 6.08. The molecule has 27 heavy (non-hydrogen) atoms. The molecule has 0 fully saturated rings. The Morgan fingerprint density at radius 3 is 2.70 bits per heavy atom. The summed E-state index contributed by atoms with van der Waals surface area (Å²) in [6.45, 7) is 4.08. The highest BCUT2D eigenvalue weighted by Crippen LogP contribution is 2.26. The first-order valence-electron chi connectivity index (χ1n) is 8.29. The summed E-state index contributed by atoms with van der Waals surface area (Å²) in [4.78, 5) is 4.29. The topological polar surface area (TPSA) is 69.6 Å². The molecule has 0 bridgehead atoms. The lowest BCUT2D eigenvalue weighted by Crippen LogP contribution is -2.01. The van der Waals surface area contributed by atoms with E-state index in [-0.39, 0.29) is 5.82 Å². The molecule has 0 spiro atoms. The third-order valence-corrected chi connectivity index (χ3v) is 4.93. The fraction of sp³-hybridized carbons (Fsp3) is 0.158. The molecule has 6 nitrogen and oxygen atoms in total. The molecule has 2 heterocycles. The molecular weight excluding hydrogens is 365 g/mol. The van der Waals surface area contributed by atoms with E-state index >= 15 is 0 Å². The fourth-order valence-corrected chi connectivity index (χ4v) is 3.45. The van der Waals surface area contributed by atoms with Crippen LogP contribution in [0.2, 0.25) is 0 Å². The fourth-order valence-electron chi connectivity index (χ4n) is 2.71. The number of aromatic nitrogens is 5. The Morgan fingerprint density at radius 1 is 1.11 bits per heavy atom. The molecule has 4 rings (SSSR count). The number of oxazole rings is 1. The minimum Gasteiger partial charge on any atom is -0.440 e. The molecule has 2 aromatic carbocycles. The number of thioether (sulfide) groups is 1. The van der Waals surface area contributed by atoms with Crippen LogP contribution in [0.25, 0.3) is 17.0 Å². The largest absolute Gasteiger partial charge is 0.440 e. The third kappa shape index (κ3) is 3.75. The molecule has 0 N–H and O–H groups in total. The minimum absolute atomic E-state index is 0.285. The molecule has 0 radical (unpaired) electrons. The van der Waals surface area contributed by atoms with E-state index in [4.69, 9.17) is 4.42 Å². The van der Waals surface area contributed by atoms with E-state index in [1.165, 1.54) is 29.5 Å². The molecule has 0 aliphatic carbocycles. The van der Waals surface area contributed by atoms with E-state index in [1.807, 2.05) is 26.0 Å². The van der Waals surface area contributed by atoms with Crippen LogP contribution in [0.4, 0.5) is 4.39 Å². The van der Waals surface area contributed by atoms with Crippen molar-refractivity contribution in [3.63, 3.8) is 0 Å². The Bertz CT molecular complexity index is 1070. The molecule has 0 aliphatic heterocycles. The summed E-state index contributed by atoms with van der Waals surface area (Å²) in [5, 5.41) is 12.6. The third-order valence-electron chi connectivity index (χ3n) is 4.03. The predicted octanol–water partition coefficient (Wildman–Crippen LogP) is 4.37. The van der Waals surface area contributed by atoms with Gasteiger partial charge in [0, 0.05) is 5.56 Å². The van der Waals surface area contributed by atoms with Gasteiger partial charge < -0.3 is 4.42 Å². The number of nitrogens with zero attached hydrogens (tertiary/aromatic N) is 5. The summed E-state index contributed by atoms with van der Waals surface area (Å²) in [5.41, 5.74) is 4.00. The van der Waals surface area contributed by atoms with Crippen LogP contribution in [0, 0.1) is 19.7 Å². The van der Waals surface area contributed by atoms with Gasteiger partial charge in [-0.05, 0) is 60.2 Å². The Kier molecular flexibility index (Phi) is 4.72. The molecule has 0 unspecified atom stereocenters. The van der Waals surface area contributed by atoms with Crippen LogP contribution in [0.1, 0.15) is 17.0 Å². The van der Waals surface area contributed by atoms with E-state index < -0.39 is 0 Å². The SMILES string of the molecule is Cc1ccc(-n2nnnc2SCc2ncc(-c3ccc(F)cc3)o2)c(C)c1. The Balaban J connectivity index is 1.50. The van der Waals surface area contributed by atoms with Gasteiger partial charge in [-0.3, -0.25) is 0 Å². The van der Waals surface area contributed by atoms with Crippen LogP contribution >= 0.6 is 11.8 Å². The molecular formula is C19H16FN5OS. The number of aryl methyl sites for hydroxylation is 2. The summed E-state index contributed by atoms with van der Waals surface area (Å²) < 4.78 is 20.5. The van der Waals surface area contributed by atoms with E-state index in [0.717, 1.165) is 16.8 Å². The molecule has 0 amide bonds. The lowest BCUT2D eigenvalue weighted by Gasteiger charge is -2.07. The zero-order valence-electron chi connectivity index (χ0n) is 14.8. The number of benzene rings is 2. The summed E-state index contributed by atoms with van der Waals surface area (Å²) in [6.07, 6.45) is 1.64. The first-order valence-corrected chi connectivity index (χ1v) is 9.28. The highest BCUT2D eigenvalue weighted by atomic mass is 32.2. The normalized spacial score (nSPS) is 11.1. The smallest absolute Gasteiger partial charge is 0.214 e. The van der Waals surface area contributed by atoms with Gasteiger partial charge in [-0.25, -0.2) is 9.37 Å². The van der Waals surface area contributed by atoms with Crippen molar-refractivity contribution in [3.05, 3.63) is 71.5 Å². The van der Waals surface area contributed by atoms with Gasteiger partial charge in [-0.2, -0.15) is 4.68 Å². The second kappa shape index (κ2) is 7.32. The summed E-state index contributed by atoms with van der Waals surface area (Å²) >= 11 is 1.44. The zero-order valence-corrected chi connectivity index (χ0v) is 15.6. The first-order chi connectivity index (χ1) is 13.1. The monoisotopic (exact) mass is 381 g/mol. The van der Waals surface area contributed by atoms with Gasteiger partial charge in [-0.15, -0.1) is 5.10 Å². The molecule has 8 heteroatoms. The van der Waals surface area contributed by atoms with E-state index in [1.54, 1.807) is 23.0 Å². The van der Waals surface area contributed by atoms with Crippen molar-refractivity contribution in [2.45, 2.75) is 24.8 Å². The standard InChI is InChI=1S/C19H16FN5OS/c1-12-3-8-16(13(2)9-12)25-19(22-23-24-25)27-11-18-21-10-17(26-18)14-4-6-15(20)7-5-14/h3-10H,11H2,1-2H3. The molecule has 0 aliphatic rings. The number of hydrogen-bond acceptors (Lipinski definition) is 6. The maximum Gasteiger partial charge on any atom is 0.214 e. The minimum atomic E-state index is -0.285. The lowest BCUT2D eigenvalue weighted by molar-refractivity contribution is 0.529. The predicted molar refractivity (Wildman–Crippen MR) is 100 cm³/mol. The van der Waals surface area contributed by atoms with Crippen molar-refractivity contribution in [1.29, 1.82) is 0 Å².